The van der Waals surface area contributed by atoms with Crippen LogP contribution in [0.15, 0.2) is 36.7 Å². The molecule has 0 aliphatic rings. The van der Waals surface area contributed by atoms with Crippen LogP contribution >= 0.6 is 40.4 Å². The minimum Gasteiger partial charge on any atom is -0.306 e. The molecule has 0 bridgehead atoms. The molecule has 2 rings (SSSR count). The molecule has 2 aromatic rings. The first-order chi connectivity index (χ1) is 10.6. The highest BCUT2D eigenvalue weighted by Gasteiger charge is 2.01. The highest BCUT2D eigenvalue weighted by Crippen LogP contribution is 2.13. The van der Waals surface area contributed by atoms with Gasteiger partial charge in [0.2, 0.25) is 0 Å². The van der Waals surface area contributed by atoms with E-state index in [0.717, 1.165) is 53.4 Å². The van der Waals surface area contributed by atoms with E-state index in [4.69, 9.17) is 23.2 Å². The maximum atomic E-state index is 5.83. The van der Waals surface area contributed by atoms with Crippen molar-refractivity contribution in [3.63, 3.8) is 0 Å². The first-order valence-electron chi connectivity index (χ1n) is 7.03. The van der Waals surface area contributed by atoms with Crippen LogP contribution < -0.4 is 10.9 Å². The van der Waals surface area contributed by atoms with E-state index in [1.165, 1.54) is 0 Å². The molecular formula is C15H19Cl2N3P2. The summed E-state index contributed by atoms with van der Waals surface area (Å²) >= 11 is 11.7. The summed E-state index contributed by atoms with van der Waals surface area (Å²) in [7, 11) is 3.63. The second-order valence-corrected chi connectivity index (χ2v) is 8.48. The van der Waals surface area contributed by atoms with Crippen molar-refractivity contribution < 1.29 is 0 Å². The Morgan fingerprint density at radius 2 is 1.32 bits per heavy atom. The molecular weight excluding hydrogens is 355 g/mol. The lowest BCUT2D eigenvalue weighted by atomic mass is 10.5. The number of hydrogen-bond donors (Lipinski definition) is 0. The molecule has 0 aromatic carbocycles. The first-order valence-corrected chi connectivity index (χ1v) is 10.2. The second-order valence-electron chi connectivity index (χ2n) is 4.88. The molecule has 22 heavy (non-hydrogen) atoms. The van der Waals surface area contributed by atoms with Gasteiger partial charge in [0.05, 0.1) is 20.9 Å². The van der Waals surface area contributed by atoms with Crippen LogP contribution in [0.2, 0.25) is 10.0 Å². The number of nitrogens with zero attached hydrogens (tertiary/aromatic N) is 3. The normalized spacial score (nSPS) is 12.2. The molecule has 0 saturated carbocycles. The zero-order valence-corrected chi connectivity index (χ0v) is 15.9. The van der Waals surface area contributed by atoms with Gasteiger partial charge >= 0.3 is 0 Å². The van der Waals surface area contributed by atoms with Crippen LogP contribution in [0.3, 0.4) is 0 Å². The fourth-order valence-electron chi connectivity index (χ4n) is 1.82. The average Bonchev–Trinajstić information content (AvgIpc) is 2.51. The maximum Gasteiger partial charge on any atom is 0.0601 e. The third-order valence-electron chi connectivity index (χ3n) is 3.05. The number of aromatic nitrogens is 2. The second kappa shape index (κ2) is 9.75. The Labute approximate surface area is 145 Å². The van der Waals surface area contributed by atoms with Crippen LogP contribution in [0.1, 0.15) is 0 Å². The summed E-state index contributed by atoms with van der Waals surface area (Å²) < 4.78 is 0. The van der Waals surface area contributed by atoms with Gasteiger partial charge in [-0.05, 0) is 43.6 Å². The largest absolute Gasteiger partial charge is 0.306 e. The van der Waals surface area contributed by atoms with E-state index in [-0.39, 0.29) is 0 Å². The number of pyridine rings is 2. The van der Waals surface area contributed by atoms with Crippen molar-refractivity contribution in [1.82, 2.24) is 14.9 Å². The lowest BCUT2D eigenvalue weighted by molar-refractivity contribution is 0.379. The molecule has 0 aliphatic heterocycles. The Hall–Kier alpha value is -0.300. The molecule has 2 atom stereocenters. The molecule has 3 nitrogen and oxygen atoms in total. The fraction of sp³-hybridized carbons (Fsp3) is 0.333. The van der Waals surface area contributed by atoms with Crippen LogP contribution in [0.5, 0.6) is 0 Å². The Kier molecular flexibility index (Phi) is 8.00. The summed E-state index contributed by atoms with van der Waals surface area (Å²) in [6, 6.07) is 7.82. The van der Waals surface area contributed by atoms with Crippen molar-refractivity contribution in [1.29, 1.82) is 0 Å². The molecule has 2 aromatic heterocycles. The summed E-state index contributed by atoms with van der Waals surface area (Å²) in [6.45, 7) is 2.17. The molecule has 7 heteroatoms. The average molecular weight is 374 g/mol. The molecule has 0 radical (unpaired) electrons. The molecule has 0 N–H and O–H groups in total. The van der Waals surface area contributed by atoms with Gasteiger partial charge in [-0.25, -0.2) is 0 Å². The Morgan fingerprint density at radius 3 is 1.68 bits per heavy atom. The number of hydrogen-bond acceptors (Lipinski definition) is 3. The van der Waals surface area contributed by atoms with Crippen LogP contribution in [0, 0.1) is 0 Å². The van der Waals surface area contributed by atoms with Crippen molar-refractivity contribution in [2.45, 2.75) is 0 Å². The zero-order valence-electron chi connectivity index (χ0n) is 12.4. The smallest absolute Gasteiger partial charge is 0.0601 e. The molecule has 2 heterocycles. The van der Waals surface area contributed by atoms with Gasteiger partial charge in [-0.15, -0.1) is 0 Å². The number of rotatable bonds is 8. The van der Waals surface area contributed by atoms with Crippen molar-refractivity contribution >= 4 is 51.2 Å². The predicted octanol–water partition coefficient (Wildman–Crippen LogP) is 3.02. The van der Waals surface area contributed by atoms with Crippen molar-refractivity contribution in [2.24, 2.45) is 0 Å². The maximum absolute atomic E-state index is 5.83. The Bertz CT molecular complexity index is 513. The molecule has 0 spiro atoms. The highest BCUT2D eigenvalue weighted by molar-refractivity contribution is 7.47. The van der Waals surface area contributed by atoms with Crippen LogP contribution in [0.4, 0.5) is 0 Å². The zero-order chi connectivity index (χ0) is 15.8. The molecule has 0 amide bonds. The molecule has 0 fully saturated rings. The van der Waals surface area contributed by atoms with Crippen LogP contribution in [-0.2, 0) is 0 Å². The lowest BCUT2D eigenvalue weighted by Crippen LogP contribution is -2.24. The van der Waals surface area contributed by atoms with Gasteiger partial charge in [-0.1, -0.05) is 40.4 Å². The van der Waals surface area contributed by atoms with E-state index >= 15 is 0 Å². The van der Waals surface area contributed by atoms with Gasteiger partial charge in [-0.2, -0.15) is 0 Å². The highest BCUT2D eigenvalue weighted by atomic mass is 35.5. The van der Waals surface area contributed by atoms with Crippen LogP contribution in [0.25, 0.3) is 0 Å². The van der Waals surface area contributed by atoms with Gasteiger partial charge in [0.25, 0.3) is 0 Å². The van der Waals surface area contributed by atoms with Gasteiger partial charge in [0, 0.05) is 25.5 Å². The van der Waals surface area contributed by atoms with E-state index < -0.39 is 0 Å². The van der Waals surface area contributed by atoms with Crippen LogP contribution in [-0.4, -0.2) is 47.3 Å². The van der Waals surface area contributed by atoms with Gasteiger partial charge < -0.3 is 4.90 Å². The summed E-state index contributed by atoms with van der Waals surface area (Å²) in [5, 5.41) is 1.39. The summed E-state index contributed by atoms with van der Waals surface area (Å²) in [6.07, 6.45) is 5.70. The number of halogens is 2. The molecule has 118 valence electrons. The van der Waals surface area contributed by atoms with Crippen molar-refractivity contribution in [3.8, 4) is 0 Å². The molecule has 0 saturated heterocycles. The standard InChI is InChI=1S/C15H19Cl2N3P2/c1-20(6-8-21-14-4-2-12(16)10-18-14)7-9-22-15-5-3-13(17)11-19-15/h2-5,10-11,21-22H,6-9H2,1H3. The van der Waals surface area contributed by atoms with Gasteiger partial charge in [0.15, 0.2) is 0 Å². The van der Waals surface area contributed by atoms with Crippen molar-refractivity contribution in [2.75, 3.05) is 32.5 Å². The third-order valence-corrected chi connectivity index (χ3v) is 5.76. The Balaban J connectivity index is 1.60. The summed E-state index contributed by atoms with van der Waals surface area (Å²) in [5.74, 6) is 0. The first kappa shape index (κ1) is 18.0. The van der Waals surface area contributed by atoms with E-state index in [1.807, 2.05) is 24.3 Å². The third kappa shape index (κ3) is 6.86. The molecule has 0 aliphatic carbocycles. The Morgan fingerprint density at radius 1 is 0.864 bits per heavy atom. The van der Waals surface area contributed by atoms with Gasteiger partial charge in [-0.3, -0.25) is 9.97 Å². The fourth-order valence-corrected chi connectivity index (χ4v) is 4.26. The van der Waals surface area contributed by atoms with E-state index in [2.05, 4.69) is 21.9 Å². The topological polar surface area (TPSA) is 29.0 Å². The quantitative estimate of drug-likeness (QED) is 0.666. The van der Waals surface area contributed by atoms with Crippen molar-refractivity contribution in [3.05, 3.63) is 46.7 Å². The lowest BCUT2D eigenvalue weighted by Gasteiger charge is -2.16. The van der Waals surface area contributed by atoms with E-state index in [1.54, 1.807) is 12.4 Å². The summed E-state index contributed by atoms with van der Waals surface area (Å²) in [4.78, 5) is 11.0. The minimum absolute atomic E-state index is 0.697. The predicted molar refractivity (Wildman–Crippen MR) is 102 cm³/mol. The SMILES string of the molecule is CN(CCPc1ccc(Cl)cn1)CCPc1ccc(Cl)cn1. The molecule has 2 unspecified atom stereocenters. The van der Waals surface area contributed by atoms with E-state index in [0.29, 0.717) is 10.0 Å². The van der Waals surface area contributed by atoms with Gasteiger partial charge in [0.1, 0.15) is 0 Å². The monoisotopic (exact) mass is 373 g/mol. The minimum atomic E-state index is 0.697. The summed E-state index contributed by atoms with van der Waals surface area (Å²) in [5.41, 5.74) is 2.26. The van der Waals surface area contributed by atoms with E-state index in [9.17, 15) is 0 Å².